The molecule has 3 rings (SSSR count). The molecule has 2 aromatic rings. The van der Waals surface area contributed by atoms with Crippen LogP contribution in [0.3, 0.4) is 0 Å². The van der Waals surface area contributed by atoms with E-state index in [1.165, 1.54) is 0 Å². The number of ketones is 1. The number of hydrogen-bond acceptors (Lipinski definition) is 4. The van der Waals surface area contributed by atoms with Crippen LogP contribution in [0.4, 0.5) is 8.78 Å². The normalized spacial score (nSPS) is 12.9. The van der Waals surface area contributed by atoms with Gasteiger partial charge in [0.15, 0.2) is 5.78 Å². The third-order valence-electron chi connectivity index (χ3n) is 3.42. The summed E-state index contributed by atoms with van der Waals surface area (Å²) in [5.41, 5.74) is -2.35. The SMILES string of the molecule is O=C(O)c1cc(F)cc2c1-c1c(cc(F)cc1S(=O)(=O)O)C2=O. The van der Waals surface area contributed by atoms with E-state index >= 15 is 0 Å². The highest BCUT2D eigenvalue weighted by Crippen LogP contribution is 2.43. The van der Waals surface area contributed by atoms with Crippen LogP contribution in [0.25, 0.3) is 11.1 Å². The largest absolute Gasteiger partial charge is 0.478 e. The number of carboxylic acids is 1. The van der Waals surface area contributed by atoms with Crippen molar-refractivity contribution in [2.24, 2.45) is 0 Å². The molecule has 0 spiro atoms. The number of benzene rings is 2. The number of carbonyl (C=O) groups excluding carboxylic acids is 1. The number of carbonyl (C=O) groups is 2. The fourth-order valence-corrected chi connectivity index (χ4v) is 3.32. The van der Waals surface area contributed by atoms with Crippen molar-refractivity contribution >= 4 is 21.9 Å². The highest BCUT2D eigenvalue weighted by molar-refractivity contribution is 7.86. The highest BCUT2D eigenvalue weighted by Gasteiger charge is 2.36. The van der Waals surface area contributed by atoms with Gasteiger partial charge in [0.25, 0.3) is 10.1 Å². The van der Waals surface area contributed by atoms with Gasteiger partial charge in [0.05, 0.1) is 5.56 Å². The molecule has 1 aliphatic carbocycles. The zero-order chi connectivity index (χ0) is 17.1. The lowest BCUT2D eigenvalue weighted by atomic mass is 9.99. The van der Waals surface area contributed by atoms with Gasteiger partial charge in [-0.2, -0.15) is 8.42 Å². The molecule has 0 radical (unpaired) electrons. The van der Waals surface area contributed by atoms with Crippen molar-refractivity contribution in [3.8, 4) is 11.1 Å². The summed E-state index contributed by atoms with van der Waals surface area (Å²) < 4.78 is 59.3. The minimum absolute atomic E-state index is 0.369. The lowest BCUT2D eigenvalue weighted by Gasteiger charge is -2.09. The molecule has 0 saturated heterocycles. The number of carboxylic acid groups (broad SMARTS) is 1. The monoisotopic (exact) mass is 340 g/mol. The molecule has 0 amide bonds. The molecule has 2 aromatic carbocycles. The molecular formula is C14H6F2O6S. The quantitative estimate of drug-likeness (QED) is 0.692. The van der Waals surface area contributed by atoms with Crippen LogP contribution in [0.5, 0.6) is 0 Å². The lowest BCUT2D eigenvalue weighted by molar-refractivity contribution is 0.0697. The van der Waals surface area contributed by atoms with Crippen LogP contribution in [0.15, 0.2) is 29.2 Å². The van der Waals surface area contributed by atoms with E-state index in [0.29, 0.717) is 18.2 Å². The third-order valence-corrected chi connectivity index (χ3v) is 4.30. The molecular weight excluding hydrogens is 334 g/mol. The van der Waals surface area contributed by atoms with Crippen LogP contribution in [0.1, 0.15) is 26.3 Å². The maximum absolute atomic E-state index is 13.6. The lowest BCUT2D eigenvalue weighted by Crippen LogP contribution is -2.05. The predicted molar refractivity (Wildman–Crippen MR) is 72.0 cm³/mol. The van der Waals surface area contributed by atoms with Gasteiger partial charge in [0.1, 0.15) is 16.5 Å². The van der Waals surface area contributed by atoms with E-state index in [4.69, 9.17) is 5.11 Å². The van der Waals surface area contributed by atoms with E-state index in [2.05, 4.69) is 0 Å². The van der Waals surface area contributed by atoms with Crippen molar-refractivity contribution in [1.82, 2.24) is 0 Å². The average Bonchev–Trinajstić information content (AvgIpc) is 2.69. The minimum Gasteiger partial charge on any atom is -0.478 e. The molecule has 0 saturated carbocycles. The van der Waals surface area contributed by atoms with E-state index in [0.717, 1.165) is 6.07 Å². The van der Waals surface area contributed by atoms with Crippen LogP contribution in [-0.4, -0.2) is 29.8 Å². The summed E-state index contributed by atoms with van der Waals surface area (Å²) in [5.74, 6) is -4.67. The molecule has 0 atom stereocenters. The van der Waals surface area contributed by atoms with Crippen molar-refractivity contribution < 1.29 is 36.4 Å². The van der Waals surface area contributed by atoms with Gasteiger partial charge in [0.2, 0.25) is 0 Å². The van der Waals surface area contributed by atoms with Crippen molar-refractivity contribution in [3.05, 3.63) is 52.6 Å². The fourth-order valence-electron chi connectivity index (χ4n) is 2.59. The van der Waals surface area contributed by atoms with Gasteiger partial charge < -0.3 is 5.11 Å². The van der Waals surface area contributed by atoms with E-state index in [-0.39, 0.29) is 5.56 Å². The Labute approximate surface area is 127 Å². The molecule has 0 aromatic heterocycles. The molecule has 2 N–H and O–H groups in total. The fraction of sp³-hybridized carbons (Fsp3) is 0. The van der Waals surface area contributed by atoms with Crippen molar-refractivity contribution in [3.63, 3.8) is 0 Å². The molecule has 0 heterocycles. The second kappa shape index (κ2) is 4.67. The first-order chi connectivity index (χ1) is 10.6. The molecule has 23 heavy (non-hydrogen) atoms. The second-order valence-electron chi connectivity index (χ2n) is 4.81. The molecule has 1 aliphatic rings. The number of halogens is 2. The standard InChI is InChI=1S/C14H6F2O6S/c15-5-1-7-11(9(3-5)14(18)19)12-8(13(7)17)2-6(16)4-10(12)23(20,21)22/h1-4H,(H,18,19)(H,20,21,22). The van der Waals surface area contributed by atoms with Crippen LogP contribution in [-0.2, 0) is 10.1 Å². The molecule has 6 nitrogen and oxygen atoms in total. The van der Waals surface area contributed by atoms with Gasteiger partial charge in [-0.15, -0.1) is 0 Å². The minimum atomic E-state index is -4.95. The smallest absolute Gasteiger partial charge is 0.336 e. The molecule has 0 fully saturated rings. The summed E-state index contributed by atoms with van der Waals surface area (Å²) in [6.07, 6.45) is 0. The topological polar surface area (TPSA) is 109 Å². The highest BCUT2D eigenvalue weighted by atomic mass is 32.2. The number of hydrogen-bond donors (Lipinski definition) is 2. The van der Waals surface area contributed by atoms with Crippen LogP contribution < -0.4 is 0 Å². The molecule has 118 valence electrons. The van der Waals surface area contributed by atoms with Crippen LogP contribution in [0, 0.1) is 11.6 Å². The van der Waals surface area contributed by atoms with E-state index in [1.807, 2.05) is 0 Å². The second-order valence-corrected chi connectivity index (χ2v) is 6.20. The van der Waals surface area contributed by atoms with Gasteiger partial charge in [-0.3, -0.25) is 9.35 Å². The van der Waals surface area contributed by atoms with Gasteiger partial charge >= 0.3 is 5.97 Å². The van der Waals surface area contributed by atoms with Crippen LogP contribution in [0.2, 0.25) is 0 Å². The zero-order valence-corrected chi connectivity index (χ0v) is 11.8. The van der Waals surface area contributed by atoms with Crippen molar-refractivity contribution in [1.29, 1.82) is 0 Å². The van der Waals surface area contributed by atoms with E-state index in [9.17, 15) is 31.3 Å². The summed E-state index contributed by atoms with van der Waals surface area (Å²) in [6, 6.07) is 2.51. The molecule has 0 bridgehead atoms. The first-order valence-electron chi connectivity index (χ1n) is 6.04. The van der Waals surface area contributed by atoms with E-state index in [1.54, 1.807) is 0 Å². The Balaban J connectivity index is 2.55. The zero-order valence-electron chi connectivity index (χ0n) is 11.0. The number of rotatable bonds is 2. The third kappa shape index (κ3) is 2.21. The summed E-state index contributed by atoms with van der Waals surface area (Å²) in [6.45, 7) is 0. The Morgan fingerprint density at radius 1 is 0.957 bits per heavy atom. The Bertz CT molecular complexity index is 1010. The summed E-state index contributed by atoms with van der Waals surface area (Å²) >= 11 is 0. The Kier molecular flexibility index (Phi) is 3.10. The summed E-state index contributed by atoms with van der Waals surface area (Å²) in [7, 11) is -4.95. The molecule has 0 unspecified atom stereocenters. The van der Waals surface area contributed by atoms with Crippen molar-refractivity contribution in [2.75, 3.05) is 0 Å². The predicted octanol–water partition coefficient (Wildman–Crippen LogP) is 2.12. The number of fused-ring (bicyclic) bond motifs is 3. The maximum Gasteiger partial charge on any atom is 0.336 e. The first kappa shape index (κ1) is 15.3. The molecule has 0 aliphatic heterocycles. The Hall–Kier alpha value is -2.65. The number of aromatic carboxylic acids is 1. The van der Waals surface area contributed by atoms with Crippen LogP contribution >= 0.6 is 0 Å². The van der Waals surface area contributed by atoms with Gasteiger partial charge in [-0.25, -0.2) is 13.6 Å². The van der Waals surface area contributed by atoms with Gasteiger partial charge in [0, 0.05) is 22.3 Å². The Morgan fingerprint density at radius 3 is 2.00 bits per heavy atom. The van der Waals surface area contributed by atoms with Gasteiger partial charge in [-0.1, -0.05) is 0 Å². The summed E-state index contributed by atoms with van der Waals surface area (Å²) in [4.78, 5) is 22.6. The average molecular weight is 340 g/mol. The molecule has 9 heteroatoms. The van der Waals surface area contributed by atoms with E-state index < -0.39 is 60.7 Å². The maximum atomic E-state index is 13.6. The van der Waals surface area contributed by atoms with Crippen molar-refractivity contribution in [2.45, 2.75) is 4.90 Å². The Morgan fingerprint density at radius 2 is 1.48 bits per heavy atom. The first-order valence-corrected chi connectivity index (χ1v) is 7.48. The summed E-state index contributed by atoms with van der Waals surface area (Å²) in [5, 5.41) is 9.17. The van der Waals surface area contributed by atoms with Gasteiger partial charge in [-0.05, 0) is 24.3 Å².